The Kier molecular flexibility index (Phi) is 6.23. The third kappa shape index (κ3) is 4.23. The van der Waals surface area contributed by atoms with E-state index in [2.05, 4.69) is 25.6 Å². The van der Waals surface area contributed by atoms with Gasteiger partial charge in [0.25, 0.3) is 0 Å². The van der Waals surface area contributed by atoms with Gasteiger partial charge in [0.15, 0.2) is 11.0 Å². The molecule has 2 aromatic heterocycles. The monoisotopic (exact) mass is 551 g/mol. The predicted molar refractivity (Wildman–Crippen MR) is 132 cm³/mol. The second-order valence-corrected chi connectivity index (χ2v) is 12.4. The van der Waals surface area contributed by atoms with Gasteiger partial charge < -0.3 is 16.2 Å². The lowest BCUT2D eigenvalue weighted by Crippen LogP contribution is -2.48. The van der Waals surface area contributed by atoms with E-state index < -0.39 is 35.9 Å². The van der Waals surface area contributed by atoms with Crippen molar-refractivity contribution >= 4 is 46.7 Å². The highest BCUT2D eigenvalue weighted by molar-refractivity contribution is 7.92. The van der Waals surface area contributed by atoms with E-state index in [0.717, 1.165) is 9.01 Å². The lowest BCUT2D eigenvalue weighted by atomic mass is 9.98. The number of nitrogen functional groups attached to an aromatic ring is 1. The number of sulfonamides is 2. The van der Waals surface area contributed by atoms with Crippen molar-refractivity contribution in [3.63, 3.8) is 0 Å². The topological polar surface area (TPSA) is 226 Å². The lowest BCUT2D eigenvalue weighted by Gasteiger charge is -2.32. The summed E-state index contributed by atoms with van der Waals surface area (Å²) in [4.78, 5) is 3.21. The first-order valence-electron chi connectivity index (χ1n) is 10.5. The van der Waals surface area contributed by atoms with Gasteiger partial charge >= 0.3 is 0 Å². The molecule has 4 aromatic rings. The number of nitrogens with two attached hydrogens (primary N) is 3. The van der Waals surface area contributed by atoms with Crippen molar-refractivity contribution in [3.05, 3.63) is 30.3 Å². The Morgan fingerprint density at radius 1 is 1.17 bits per heavy atom. The number of primary sulfonamides is 1. The molecule has 0 radical (unpaired) electrons. The predicted octanol–water partition coefficient (Wildman–Crippen LogP) is -0.279. The fourth-order valence-electron chi connectivity index (χ4n) is 4.15. The highest BCUT2D eigenvalue weighted by Crippen LogP contribution is 2.42. The molecule has 14 nitrogen and oxygen atoms in total. The van der Waals surface area contributed by atoms with Gasteiger partial charge in [0.2, 0.25) is 20.0 Å². The highest BCUT2D eigenvalue weighted by atomic mass is 32.2. The fraction of sp³-hybridized carbons (Fsp3) is 0.263. The van der Waals surface area contributed by atoms with Crippen LogP contribution in [0.3, 0.4) is 0 Å². The highest BCUT2D eigenvalue weighted by Gasteiger charge is 2.37. The van der Waals surface area contributed by atoms with E-state index in [-0.39, 0.29) is 37.6 Å². The minimum Gasteiger partial charge on any atom is -0.375 e. The van der Waals surface area contributed by atoms with Crippen molar-refractivity contribution in [2.24, 2.45) is 10.9 Å². The molecular formula is C19H21N9O5S3. The van der Waals surface area contributed by atoms with Crippen LogP contribution in [0.2, 0.25) is 0 Å². The summed E-state index contributed by atoms with van der Waals surface area (Å²) >= 11 is 1.25. The molecule has 2 aromatic carbocycles. The van der Waals surface area contributed by atoms with Gasteiger partial charge in [-0.2, -0.15) is 4.31 Å². The standard InChI is InChI=1S/C19H21N9O5S3/c20-8-10-9-28(6-7-33-10)36(31,32)14-5-4-11(12-2-1-3-13-16(12)23-19(21)34-13)15(17(14)35(22,29)30)18-24-26-27-25-18/h1-5,10H,6-9,20H2,(H2,21,23)(H2,22,29,30)(H,24,25,26,27). The van der Waals surface area contributed by atoms with Crippen molar-refractivity contribution in [1.82, 2.24) is 29.9 Å². The number of hydrogen-bond acceptors (Lipinski definition) is 12. The van der Waals surface area contributed by atoms with Crippen LogP contribution in [0.4, 0.5) is 5.13 Å². The molecule has 1 aliphatic heterocycles. The van der Waals surface area contributed by atoms with Gasteiger partial charge in [0.05, 0.1) is 28.5 Å². The van der Waals surface area contributed by atoms with Crippen LogP contribution < -0.4 is 16.6 Å². The van der Waals surface area contributed by atoms with Crippen molar-refractivity contribution in [2.45, 2.75) is 15.9 Å². The van der Waals surface area contributed by atoms with Crippen molar-refractivity contribution < 1.29 is 21.6 Å². The average molecular weight is 552 g/mol. The number of nitrogens with one attached hydrogen (secondary N) is 1. The first kappa shape index (κ1) is 24.6. The number of aromatic amines is 1. The van der Waals surface area contributed by atoms with Gasteiger partial charge in [-0.05, 0) is 28.1 Å². The van der Waals surface area contributed by atoms with E-state index in [9.17, 15) is 16.8 Å². The number of fused-ring (bicyclic) bond motifs is 1. The third-order valence-corrected chi connectivity index (χ3v) is 9.58. The molecule has 1 saturated heterocycles. The van der Waals surface area contributed by atoms with Gasteiger partial charge in [-0.15, -0.1) is 5.10 Å². The van der Waals surface area contributed by atoms with Crippen LogP contribution in [0.5, 0.6) is 0 Å². The largest absolute Gasteiger partial charge is 0.375 e. The number of rotatable bonds is 6. The number of morpholine rings is 1. The maximum Gasteiger partial charge on any atom is 0.244 e. The second-order valence-electron chi connectivity index (χ2n) is 7.91. The summed E-state index contributed by atoms with van der Waals surface area (Å²) in [6.07, 6.45) is -0.531. The maximum absolute atomic E-state index is 13.7. The molecular weight excluding hydrogens is 530 g/mol. The maximum atomic E-state index is 13.7. The van der Waals surface area contributed by atoms with Crippen LogP contribution in [0.1, 0.15) is 0 Å². The summed E-state index contributed by atoms with van der Waals surface area (Å²) in [5.74, 6) is -0.0897. The molecule has 0 saturated carbocycles. The van der Waals surface area contributed by atoms with Gasteiger partial charge in [-0.1, -0.05) is 29.5 Å². The lowest BCUT2D eigenvalue weighted by molar-refractivity contribution is 0.00446. The first-order valence-corrected chi connectivity index (χ1v) is 14.3. The smallest absolute Gasteiger partial charge is 0.244 e. The Bertz CT molecular complexity index is 1650. The molecule has 0 bridgehead atoms. The molecule has 0 amide bonds. The summed E-state index contributed by atoms with van der Waals surface area (Å²) < 4.78 is 60.8. The SMILES string of the molecule is NCC1CN(S(=O)(=O)c2ccc(-c3cccc4sc(N)nc34)c(-c3nnn[nH]3)c2S(N)(=O)=O)CCO1. The van der Waals surface area contributed by atoms with Crippen molar-refractivity contribution in [3.8, 4) is 22.5 Å². The molecule has 1 fully saturated rings. The van der Waals surface area contributed by atoms with E-state index >= 15 is 0 Å². The zero-order valence-electron chi connectivity index (χ0n) is 18.5. The molecule has 36 heavy (non-hydrogen) atoms. The number of nitrogens with zero attached hydrogens (tertiary/aromatic N) is 5. The Morgan fingerprint density at radius 3 is 2.67 bits per heavy atom. The quantitative estimate of drug-likeness (QED) is 0.244. The van der Waals surface area contributed by atoms with Crippen molar-refractivity contribution in [2.75, 3.05) is 32.0 Å². The van der Waals surface area contributed by atoms with Gasteiger partial charge in [-0.25, -0.2) is 32.1 Å². The average Bonchev–Trinajstić information content (AvgIpc) is 3.51. The molecule has 17 heteroatoms. The molecule has 3 heterocycles. The normalized spacial score (nSPS) is 17.6. The molecule has 1 aliphatic rings. The van der Waals surface area contributed by atoms with Crippen LogP contribution in [0, 0.1) is 0 Å². The van der Waals surface area contributed by atoms with Gasteiger partial charge in [0.1, 0.15) is 9.79 Å². The number of thiazole rings is 1. The second kappa shape index (κ2) is 9.11. The summed E-state index contributed by atoms with van der Waals surface area (Å²) in [6.45, 7) is 0.182. The van der Waals surface area contributed by atoms with Crippen LogP contribution in [0.25, 0.3) is 32.7 Å². The number of H-pyrrole nitrogens is 1. The van der Waals surface area contributed by atoms with Gasteiger partial charge in [0, 0.05) is 25.2 Å². The Morgan fingerprint density at radius 2 is 1.97 bits per heavy atom. The van der Waals surface area contributed by atoms with Crippen LogP contribution in [0.15, 0.2) is 40.1 Å². The Balaban J connectivity index is 1.82. The number of benzene rings is 2. The minimum atomic E-state index is -4.63. The van der Waals surface area contributed by atoms with E-state index in [1.807, 2.05) is 6.07 Å². The molecule has 5 rings (SSSR count). The molecule has 190 valence electrons. The third-order valence-electron chi connectivity index (χ3n) is 5.70. The number of tetrazole rings is 1. The fourth-order valence-corrected chi connectivity index (χ4v) is 7.95. The number of para-hydroxylation sites is 1. The zero-order chi connectivity index (χ0) is 25.7. The van der Waals surface area contributed by atoms with Crippen LogP contribution >= 0.6 is 11.3 Å². The number of hydrogen-bond donors (Lipinski definition) is 4. The van der Waals surface area contributed by atoms with Crippen LogP contribution in [-0.4, -0.2) is 79.1 Å². The Hall–Kier alpha value is -3.06. The van der Waals surface area contributed by atoms with E-state index in [4.69, 9.17) is 21.3 Å². The molecule has 1 atom stereocenters. The summed E-state index contributed by atoms with van der Waals surface area (Å²) in [7, 11) is -8.98. The minimum absolute atomic E-state index is 0.0151. The van der Waals surface area contributed by atoms with E-state index in [0.29, 0.717) is 21.8 Å². The summed E-state index contributed by atoms with van der Waals surface area (Å²) in [5, 5.41) is 19.4. The number of anilines is 1. The first-order chi connectivity index (χ1) is 17.1. The molecule has 0 aliphatic carbocycles. The van der Waals surface area contributed by atoms with Gasteiger partial charge in [-0.3, -0.25) is 0 Å². The summed E-state index contributed by atoms with van der Waals surface area (Å²) in [6, 6.07) is 7.96. The molecule has 1 unspecified atom stereocenters. The Labute approximate surface area is 209 Å². The number of ether oxygens (including phenoxy) is 1. The molecule has 0 spiro atoms. The van der Waals surface area contributed by atoms with E-state index in [1.54, 1.807) is 12.1 Å². The molecule has 7 N–H and O–H groups in total. The number of aromatic nitrogens is 5. The summed E-state index contributed by atoms with van der Waals surface area (Å²) in [5.41, 5.74) is 12.8. The van der Waals surface area contributed by atoms with Crippen molar-refractivity contribution in [1.29, 1.82) is 0 Å². The van der Waals surface area contributed by atoms with Crippen LogP contribution in [-0.2, 0) is 24.8 Å². The van der Waals surface area contributed by atoms with E-state index in [1.165, 1.54) is 23.5 Å². The zero-order valence-corrected chi connectivity index (χ0v) is 21.0.